The van der Waals surface area contributed by atoms with Crippen LogP contribution in [-0.4, -0.2) is 45.9 Å². The highest BCUT2D eigenvalue weighted by Crippen LogP contribution is 2.30. The lowest BCUT2D eigenvalue weighted by Gasteiger charge is -2.41. The minimum Gasteiger partial charge on any atom is -0.367 e. The summed E-state index contributed by atoms with van der Waals surface area (Å²) in [6, 6.07) is 10.5. The topological polar surface area (TPSA) is 77.4 Å². The van der Waals surface area contributed by atoms with Crippen molar-refractivity contribution >= 4 is 0 Å². The Morgan fingerprint density at radius 2 is 1.96 bits per heavy atom. The highest BCUT2D eigenvalue weighted by Gasteiger charge is 2.34. The molecule has 7 nitrogen and oxygen atoms in total. The summed E-state index contributed by atoms with van der Waals surface area (Å²) in [6.45, 7) is 4.72. The summed E-state index contributed by atoms with van der Waals surface area (Å²) in [7, 11) is 0. The summed E-state index contributed by atoms with van der Waals surface area (Å²) in [5.74, 6) is 1.37. The van der Waals surface area contributed by atoms with Crippen LogP contribution in [0.25, 0.3) is 22.9 Å². The van der Waals surface area contributed by atoms with Gasteiger partial charge in [-0.1, -0.05) is 46.6 Å². The fraction of sp³-hybridized carbons (Fsp3) is 0.450. The van der Waals surface area contributed by atoms with Gasteiger partial charge in [-0.3, -0.25) is 4.90 Å². The predicted octanol–water partition coefficient (Wildman–Crippen LogP) is 3.63. The molecule has 27 heavy (non-hydrogen) atoms. The Labute approximate surface area is 157 Å². The molecule has 2 saturated heterocycles. The molecule has 5 rings (SSSR count). The lowest BCUT2D eigenvalue weighted by molar-refractivity contribution is -0.0805. The lowest BCUT2D eigenvalue weighted by Crippen LogP contribution is -2.49. The van der Waals surface area contributed by atoms with Gasteiger partial charge in [0.05, 0.1) is 6.61 Å². The molecule has 0 saturated carbocycles. The monoisotopic (exact) mass is 366 g/mol. The van der Waals surface area contributed by atoms with Crippen LogP contribution in [0.5, 0.6) is 0 Å². The van der Waals surface area contributed by atoms with E-state index in [2.05, 4.69) is 27.1 Å². The molecule has 2 atom stereocenters. The summed E-state index contributed by atoms with van der Waals surface area (Å²) in [5, 5.41) is 8.25. The predicted molar refractivity (Wildman–Crippen MR) is 97.9 cm³/mol. The second kappa shape index (κ2) is 6.90. The van der Waals surface area contributed by atoms with Crippen molar-refractivity contribution in [2.45, 2.75) is 38.3 Å². The first kappa shape index (κ1) is 16.6. The fourth-order valence-corrected chi connectivity index (χ4v) is 3.84. The molecule has 0 N–H and O–H groups in total. The Balaban J connectivity index is 1.33. The number of rotatable bonds is 3. The fourth-order valence-electron chi connectivity index (χ4n) is 3.84. The number of piperidine rings is 1. The molecule has 7 heteroatoms. The maximum atomic E-state index is 6.00. The van der Waals surface area contributed by atoms with Gasteiger partial charge in [0.25, 0.3) is 5.89 Å². The van der Waals surface area contributed by atoms with Gasteiger partial charge in [-0.05, 0) is 26.3 Å². The van der Waals surface area contributed by atoms with Crippen molar-refractivity contribution < 1.29 is 13.8 Å². The van der Waals surface area contributed by atoms with Crippen LogP contribution >= 0.6 is 0 Å². The van der Waals surface area contributed by atoms with E-state index >= 15 is 0 Å². The van der Waals surface area contributed by atoms with Crippen LogP contribution in [0.3, 0.4) is 0 Å². The summed E-state index contributed by atoms with van der Waals surface area (Å²) in [4.78, 5) is 6.98. The van der Waals surface area contributed by atoms with Crippen molar-refractivity contribution in [3.8, 4) is 22.9 Å². The molecule has 0 amide bonds. The molecule has 2 unspecified atom stereocenters. The molecule has 4 heterocycles. The molecule has 0 bridgehead atoms. The largest absolute Gasteiger partial charge is 0.367 e. The quantitative estimate of drug-likeness (QED) is 0.700. The summed E-state index contributed by atoms with van der Waals surface area (Å²) < 4.78 is 16.8. The Morgan fingerprint density at radius 1 is 1.07 bits per heavy atom. The van der Waals surface area contributed by atoms with Gasteiger partial charge < -0.3 is 13.8 Å². The van der Waals surface area contributed by atoms with E-state index in [1.54, 1.807) is 0 Å². The van der Waals surface area contributed by atoms with Gasteiger partial charge in [-0.2, -0.15) is 4.98 Å². The lowest BCUT2D eigenvalue weighted by atomic mass is 10.0. The normalized spacial score (nSPS) is 23.3. The zero-order chi connectivity index (χ0) is 18.2. The van der Waals surface area contributed by atoms with Crippen LogP contribution in [0.4, 0.5) is 0 Å². The average molecular weight is 366 g/mol. The molecule has 2 fully saturated rings. The molecular weight excluding hydrogens is 344 g/mol. The first-order chi connectivity index (χ1) is 13.3. The van der Waals surface area contributed by atoms with E-state index in [1.165, 1.54) is 24.8 Å². The minimum atomic E-state index is -0.156. The van der Waals surface area contributed by atoms with Crippen LogP contribution in [0.15, 0.2) is 39.4 Å². The number of benzene rings is 1. The number of aromatic nitrogens is 3. The van der Waals surface area contributed by atoms with Gasteiger partial charge in [0, 0.05) is 24.2 Å². The van der Waals surface area contributed by atoms with Gasteiger partial charge in [-0.15, -0.1) is 0 Å². The van der Waals surface area contributed by atoms with Crippen molar-refractivity contribution in [3.63, 3.8) is 0 Å². The summed E-state index contributed by atoms with van der Waals surface area (Å²) in [5.41, 5.74) is 2.93. The number of fused-ring (bicyclic) bond motifs is 1. The van der Waals surface area contributed by atoms with Gasteiger partial charge in [0.15, 0.2) is 0 Å². The van der Waals surface area contributed by atoms with E-state index in [1.807, 2.05) is 30.3 Å². The van der Waals surface area contributed by atoms with Gasteiger partial charge >= 0.3 is 0 Å². The standard InChI is InChI=1S/C20H22N4O3/c1-13-5-7-14(8-6-13)16-10-17(26-22-16)20-21-19(23-27-20)18-11-24-9-3-2-4-15(24)12-25-18/h5-8,10,15,18H,2-4,9,11-12H2,1H3. The highest BCUT2D eigenvalue weighted by atomic mass is 16.5. The van der Waals surface area contributed by atoms with E-state index in [-0.39, 0.29) is 6.10 Å². The second-order valence-electron chi connectivity index (χ2n) is 7.37. The Morgan fingerprint density at radius 3 is 2.85 bits per heavy atom. The first-order valence-corrected chi connectivity index (χ1v) is 9.49. The number of morpholine rings is 1. The summed E-state index contributed by atoms with van der Waals surface area (Å²) >= 11 is 0. The molecular formula is C20H22N4O3. The number of hydrogen-bond acceptors (Lipinski definition) is 7. The zero-order valence-corrected chi connectivity index (χ0v) is 15.3. The number of aryl methyl sites for hydroxylation is 1. The molecule has 140 valence electrons. The number of hydrogen-bond donors (Lipinski definition) is 0. The zero-order valence-electron chi connectivity index (χ0n) is 15.3. The van der Waals surface area contributed by atoms with Crippen molar-refractivity contribution in [2.75, 3.05) is 19.7 Å². The molecule has 0 aliphatic carbocycles. The van der Waals surface area contributed by atoms with Crippen molar-refractivity contribution in [2.24, 2.45) is 0 Å². The molecule has 2 aromatic heterocycles. The van der Waals surface area contributed by atoms with Crippen molar-refractivity contribution in [1.29, 1.82) is 0 Å². The number of nitrogens with zero attached hydrogens (tertiary/aromatic N) is 4. The van der Waals surface area contributed by atoms with E-state index in [4.69, 9.17) is 13.8 Å². The molecule has 0 radical (unpaired) electrons. The Bertz CT molecular complexity index is 917. The van der Waals surface area contributed by atoms with Crippen LogP contribution < -0.4 is 0 Å². The smallest absolute Gasteiger partial charge is 0.296 e. The maximum absolute atomic E-state index is 6.00. The molecule has 2 aliphatic heterocycles. The first-order valence-electron chi connectivity index (χ1n) is 9.49. The van der Waals surface area contributed by atoms with Gasteiger partial charge in [-0.25, -0.2) is 0 Å². The van der Waals surface area contributed by atoms with Crippen LogP contribution in [-0.2, 0) is 4.74 Å². The summed E-state index contributed by atoms with van der Waals surface area (Å²) in [6.07, 6.45) is 3.59. The minimum absolute atomic E-state index is 0.156. The van der Waals surface area contributed by atoms with E-state index in [0.717, 1.165) is 31.0 Å². The van der Waals surface area contributed by atoms with E-state index in [9.17, 15) is 0 Å². The third kappa shape index (κ3) is 3.28. The van der Waals surface area contributed by atoms with Gasteiger partial charge in [0.2, 0.25) is 11.6 Å². The van der Waals surface area contributed by atoms with Gasteiger partial charge in [0.1, 0.15) is 11.8 Å². The third-order valence-corrected chi connectivity index (χ3v) is 5.44. The number of ether oxygens (including phenoxy) is 1. The van der Waals surface area contributed by atoms with Crippen LogP contribution in [0.2, 0.25) is 0 Å². The molecule has 1 aromatic carbocycles. The third-order valence-electron chi connectivity index (χ3n) is 5.44. The highest BCUT2D eigenvalue weighted by molar-refractivity contribution is 5.63. The van der Waals surface area contributed by atoms with E-state index in [0.29, 0.717) is 23.5 Å². The average Bonchev–Trinajstić information content (AvgIpc) is 3.38. The molecule has 3 aromatic rings. The van der Waals surface area contributed by atoms with E-state index < -0.39 is 0 Å². The molecule has 2 aliphatic rings. The van der Waals surface area contributed by atoms with Crippen LogP contribution in [0.1, 0.15) is 36.8 Å². The Hall–Kier alpha value is -2.51. The molecule has 0 spiro atoms. The second-order valence-corrected chi connectivity index (χ2v) is 7.37. The van der Waals surface area contributed by atoms with Crippen molar-refractivity contribution in [1.82, 2.24) is 20.2 Å². The van der Waals surface area contributed by atoms with Crippen LogP contribution in [0, 0.1) is 6.92 Å². The van der Waals surface area contributed by atoms with Crippen molar-refractivity contribution in [3.05, 3.63) is 41.7 Å². The SMILES string of the molecule is Cc1ccc(-c2cc(-c3nc(C4CN5CCCCC5CO4)no3)on2)cc1. The maximum Gasteiger partial charge on any atom is 0.296 e. The Kier molecular flexibility index (Phi) is 4.26.